The highest BCUT2D eigenvalue weighted by Crippen LogP contribution is 2.21. The molecule has 1 saturated heterocycles. The van der Waals surface area contributed by atoms with E-state index in [1.165, 1.54) is 30.3 Å². The number of cyclic esters (lactones) is 1. The Hall–Kier alpha value is -2.39. The maximum absolute atomic E-state index is 12.1. The Morgan fingerprint density at radius 1 is 1.25 bits per heavy atom. The molecule has 0 bridgehead atoms. The van der Waals surface area contributed by atoms with Gasteiger partial charge in [-0.25, -0.2) is 18.0 Å². The molecule has 9 heteroatoms. The summed E-state index contributed by atoms with van der Waals surface area (Å²) in [6.07, 6.45) is -0.544. The van der Waals surface area contributed by atoms with Gasteiger partial charge >= 0.3 is 11.9 Å². The van der Waals surface area contributed by atoms with Crippen LogP contribution in [0, 0.1) is 0 Å². The van der Waals surface area contributed by atoms with Gasteiger partial charge in [-0.1, -0.05) is 6.07 Å². The zero-order valence-electron chi connectivity index (χ0n) is 12.3. The van der Waals surface area contributed by atoms with E-state index in [0.717, 1.165) is 11.3 Å². The Kier molecular flexibility index (Phi) is 4.54. The highest BCUT2D eigenvalue weighted by atomic mass is 32.2. The minimum atomic E-state index is -3.64. The molecule has 7 nitrogen and oxygen atoms in total. The first-order chi connectivity index (χ1) is 11.5. The van der Waals surface area contributed by atoms with Gasteiger partial charge in [0.05, 0.1) is 12.2 Å². The first-order valence-corrected chi connectivity index (χ1v) is 9.36. The van der Waals surface area contributed by atoms with Crippen molar-refractivity contribution in [3.05, 3.63) is 47.3 Å². The smallest absolute Gasteiger partial charge is 0.347 e. The third kappa shape index (κ3) is 3.57. The molecule has 0 spiro atoms. The summed E-state index contributed by atoms with van der Waals surface area (Å²) in [6, 6.07) is 8.90. The van der Waals surface area contributed by atoms with Crippen LogP contribution in [0.2, 0.25) is 0 Å². The van der Waals surface area contributed by atoms with E-state index in [9.17, 15) is 18.0 Å². The number of hydrogen-bond acceptors (Lipinski definition) is 7. The molecule has 0 aliphatic carbocycles. The standard InChI is InChI=1S/C15H13NO6S2/c17-14(22-12-7-8-21-15(12)18)10-3-5-11(6-4-10)16-24(19,20)13-2-1-9-23-13/h1-6,9,12,16H,7-8H2/t12-/m0/s1. The normalized spacial score (nSPS) is 17.3. The lowest BCUT2D eigenvalue weighted by Gasteiger charge is -2.09. The van der Waals surface area contributed by atoms with Crippen LogP contribution < -0.4 is 4.72 Å². The van der Waals surface area contributed by atoms with Crippen molar-refractivity contribution >= 4 is 39.0 Å². The molecule has 1 atom stereocenters. The van der Waals surface area contributed by atoms with E-state index >= 15 is 0 Å². The Morgan fingerprint density at radius 3 is 2.58 bits per heavy atom. The molecule has 2 heterocycles. The molecule has 0 amide bonds. The van der Waals surface area contributed by atoms with Gasteiger partial charge in [-0.2, -0.15) is 0 Å². The molecule has 24 heavy (non-hydrogen) atoms. The molecule has 1 aliphatic heterocycles. The minimum absolute atomic E-state index is 0.200. The maximum Gasteiger partial charge on any atom is 0.347 e. The van der Waals surface area contributed by atoms with E-state index in [1.807, 2.05) is 0 Å². The summed E-state index contributed by atoms with van der Waals surface area (Å²) in [5, 5.41) is 1.67. The van der Waals surface area contributed by atoms with Crippen molar-refractivity contribution in [2.75, 3.05) is 11.3 Å². The fourth-order valence-corrected chi connectivity index (χ4v) is 4.13. The van der Waals surface area contributed by atoms with E-state index in [4.69, 9.17) is 9.47 Å². The quantitative estimate of drug-likeness (QED) is 0.812. The Labute approximate surface area is 142 Å². The van der Waals surface area contributed by atoms with Crippen molar-refractivity contribution in [1.29, 1.82) is 0 Å². The van der Waals surface area contributed by atoms with Crippen LogP contribution in [0.25, 0.3) is 0 Å². The molecule has 0 saturated carbocycles. The molecule has 0 unspecified atom stereocenters. The largest absolute Gasteiger partial charge is 0.463 e. The summed E-state index contributed by atoms with van der Waals surface area (Å²) in [6.45, 7) is 0.236. The van der Waals surface area contributed by atoms with Gasteiger partial charge in [0.1, 0.15) is 4.21 Å². The number of nitrogens with one attached hydrogen (secondary N) is 1. The highest BCUT2D eigenvalue weighted by molar-refractivity contribution is 7.94. The van der Waals surface area contributed by atoms with Crippen molar-refractivity contribution in [2.45, 2.75) is 16.7 Å². The van der Waals surface area contributed by atoms with Crippen LogP contribution in [-0.4, -0.2) is 33.1 Å². The average molecular weight is 367 g/mol. The second-order valence-electron chi connectivity index (χ2n) is 4.97. The highest BCUT2D eigenvalue weighted by Gasteiger charge is 2.30. The molecule has 126 valence electrons. The van der Waals surface area contributed by atoms with Gasteiger partial charge in [-0.3, -0.25) is 4.72 Å². The summed E-state index contributed by atoms with van der Waals surface area (Å²) in [5.41, 5.74) is 0.536. The number of hydrogen-bond donors (Lipinski definition) is 1. The number of esters is 2. The fourth-order valence-electron chi connectivity index (χ4n) is 2.08. The Bertz CT molecular complexity index is 843. The first-order valence-electron chi connectivity index (χ1n) is 7.00. The number of sulfonamides is 1. The molecule has 2 aromatic rings. The number of anilines is 1. The maximum atomic E-state index is 12.1. The molecule has 1 N–H and O–H groups in total. The van der Waals surface area contributed by atoms with Gasteiger partial charge in [0, 0.05) is 12.1 Å². The lowest BCUT2D eigenvalue weighted by molar-refractivity contribution is -0.145. The van der Waals surface area contributed by atoms with Crippen molar-refractivity contribution in [3.63, 3.8) is 0 Å². The van der Waals surface area contributed by atoms with Crippen molar-refractivity contribution in [2.24, 2.45) is 0 Å². The van der Waals surface area contributed by atoms with Gasteiger partial charge in [-0.15, -0.1) is 11.3 Å². The number of ether oxygens (including phenoxy) is 2. The third-order valence-corrected chi connectivity index (χ3v) is 6.05. The molecular weight excluding hydrogens is 354 g/mol. The van der Waals surface area contributed by atoms with Gasteiger partial charge in [0.25, 0.3) is 10.0 Å². The SMILES string of the molecule is O=C(O[C@H]1CCOC1=O)c1ccc(NS(=O)(=O)c2cccs2)cc1. The summed E-state index contributed by atoms with van der Waals surface area (Å²) in [4.78, 5) is 23.3. The molecule has 0 radical (unpaired) electrons. The number of carbonyl (C=O) groups excluding carboxylic acids is 2. The van der Waals surface area contributed by atoms with E-state index < -0.39 is 28.1 Å². The summed E-state index contributed by atoms with van der Waals surface area (Å²) >= 11 is 1.11. The number of carbonyl (C=O) groups is 2. The molecule has 1 aliphatic rings. The fraction of sp³-hybridized carbons (Fsp3) is 0.200. The Balaban J connectivity index is 1.67. The Morgan fingerprint density at radius 2 is 2.00 bits per heavy atom. The zero-order valence-corrected chi connectivity index (χ0v) is 13.9. The van der Waals surface area contributed by atoms with Gasteiger partial charge < -0.3 is 9.47 Å². The van der Waals surface area contributed by atoms with Gasteiger partial charge in [-0.05, 0) is 35.7 Å². The molecule has 1 aromatic heterocycles. The topological polar surface area (TPSA) is 98.8 Å². The lowest BCUT2D eigenvalue weighted by atomic mass is 10.2. The van der Waals surface area contributed by atoms with Gasteiger partial charge in [0.2, 0.25) is 6.10 Å². The first kappa shape index (κ1) is 16.5. The van der Waals surface area contributed by atoms with Crippen LogP contribution >= 0.6 is 11.3 Å². The minimum Gasteiger partial charge on any atom is -0.463 e. The van der Waals surface area contributed by atoms with Crippen LogP contribution in [0.4, 0.5) is 5.69 Å². The van der Waals surface area contributed by atoms with E-state index in [-0.39, 0.29) is 16.4 Å². The van der Waals surface area contributed by atoms with Crippen LogP contribution in [0.3, 0.4) is 0 Å². The molecule has 1 aromatic carbocycles. The number of rotatable bonds is 5. The lowest BCUT2D eigenvalue weighted by Crippen LogP contribution is -2.22. The van der Waals surface area contributed by atoms with Crippen LogP contribution in [-0.2, 0) is 24.3 Å². The van der Waals surface area contributed by atoms with Crippen molar-refractivity contribution < 1.29 is 27.5 Å². The molecule has 1 fully saturated rings. The monoisotopic (exact) mass is 367 g/mol. The number of benzene rings is 1. The van der Waals surface area contributed by atoms with E-state index in [1.54, 1.807) is 11.4 Å². The average Bonchev–Trinajstić information content (AvgIpc) is 3.20. The second-order valence-corrected chi connectivity index (χ2v) is 7.82. The van der Waals surface area contributed by atoms with E-state index in [2.05, 4.69) is 4.72 Å². The van der Waals surface area contributed by atoms with E-state index in [0.29, 0.717) is 12.1 Å². The van der Waals surface area contributed by atoms with Crippen LogP contribution in [0.15, 0.2) is 46.0 Å². The summed E-state index contributed by atoms with van der Waals surface area (Å²) in [7, 11) is -3.64. The molecular formula is C15H13NO6S2. The van der Waals surface area contributed by atoms with Crippen molar-refractivity contribution in [1.82, 2.24) is 0 Å². The second kappa shape index (κ2) is 6.62. The summed E-state index contributed by atoms with van der Waals surface area (Å²) in [5.74, 6) is -1.21. The predicted octanol–water partition coefficient (Wildman–Crippen LogP) is 2.02. The number of thiophene rings is 1. The van der Waals surface area contributed by atoms with Crippen molar-refractivity contribution in [3.8, 4) is 0 Å². The molecule has 3 rings (SSSR count). The van der Waals surface area contributed by atoms with Gasteiger partial charge in [0.15, 0.2) is 0 Å². The van der Waals surface area contributed by atoms with Crippen LogP contribution in [0.1, 0.15) is 16.8 Å². The third-order valence-electron chi connectivity index (χ3n) is 3.27. The van der Waals surface area contributed by atoms with Crippen LogP contribution in [0.5, 0.6) is 0 Å². The summed E-state index contributed by atoms with van der Waals surface area (Å²) < 4.78 is 36.6. The zero-order chi connectivity index (χ0) is 17.2. The predicted molar refractivity (Wildman–Crippen MR) is 86.3 cm³/mol.